The average Bonchev–Trinajstić information content (AvgIpc) is 2.68. The molecular weight excluding hydrogens is 358 g/mol. The van der Waals surface area contributed by atoms with Crippen molar-refractivity contribution in [2.75, 3.05) is 19.4 Å². The molecule has 0 aliphatic heterocycles. The second-order valence-electron chi connectivity index (χ2n) is 7.19. The summed E-state index contributed by atoms with van der Waals surface area (Å²) in [5.74, 6) is 0.00903. The first-order chi connectivity index (χ1) is 13.5. The Labute approximate surface area is 161 Å². The highest BCUT2D eigenvalue weighted by Crippen LogP contribution is 2.35. The zero-order chi connectivity index (χ0) is 19.8. The van der Waals surface area contributed by atoms with Crippen molar-refractivity contribution in [3.63, 3.8) is 0 Å². The summed E-state index contributed by atoms with van der Waals surface area (Å²) in [5, 5.41) is 14.9. The summed E-state index contributed by atoms with van der Waals surface area (Å²) in [6.45, 7) is 0. The lowest BCUT2D eigenvalue weighted by Crippen LogP contribution is -2.41. The fourth-order valence-electron chi connectivity index (χ4n) is 3.97. The lowest BCUT2D eigenvalue weighted by Gasteiger charge is -2.38. The minimum atomic E-state index is -0.691. The second kappa shape index (κ2) is 7.05. The molecule has 0 bridgehead atoms. The van der Waals surface area contributed by atoms with Gasteiger partial charge in [0.25, 0.3) is 0 Å². The molecule has 0 spiro atoms. The zero-order valence-electron chi connectivity index (χ0n) is 15.7. The van der Waals surface area contributed by atoms with Crippen molar-refractivity contribution in [3.05, 3.63) is 80.3 Å². The molecule has 1 aliphatic carbocycles. The zero-order valence-corrected chi connectivity index (χ0v) is 15.7. The molecule has 144 valence electrons. The molecule has 2 heterocycles. The van der Waals surface area contributed by atoms with Gasteiger partial charge < -0.3 is 10.2 Å². The van der Waals surface area contributed by atoms with E-state index >= 15 is 0 Å². The van der Waals surface area contributed by atoms with Crippen molar-refractivity contribution < 1.29 is 4.92 Å². The van der Waals surface area contributed by atoms with Crippen LogP contribution >= 0.6 is 0 Å². The number of hydrogen-bond acceptors (Lipinski definition) is 6. The van der Waals surface area contributed by atoms with E-state index in [1.165, 1.54) is 16.2 Å². The number of nitrogens with zero attached hydrogens (tertiary/aromatic N) is 4. The van der Waals surface area contributed by atoms with Crippen molar-refractivity contribution in [1.29, 1.82) is 0 Å². The van der Waals surface area contributed by atoms with Crippen LogP contribution < -0.4 is 10.9 Å². The van der Waals surface area contributed by atoms with E-state index in [0.717, 1.165) is 18.4 Å². The van der Waals surface area contributed by atoms with Crippen LogP contribution in [0.3, 0.4) is 0 Å². The van der Waals surface area contributed by atoms with Gasteiger partial charge in [0.1, 0.15) is 5.65 Å². The normalized spacial score (nSPS) is 18.8. The highest BCUT2D eigenvalue weighted by Gasteiger charge is 2.34. The molecule has 0 saturated carbocycles. The third-order valence-electron chi connectivity index (χ3n) is 5.33. The van der Waals surface area contributed by atoms with E-state index in [-0.39, 0.29) is 17.9 Å². The summed E-state index contributed by atoms with van der Waals surface area (Å²) in [7, 11) is 3.98. The van der Waals surface area contributed by atoms with Crippen LogP contribution in [0, 0.1) is 10.1 Å². The number of nitro groups is 1. The molecule has 2 atom stereocenters. The number of hydrogen-bond donors (Lipinski definition) is 1. The van der Waals surface area contributed by atoms with E-state index < -0.39 is 16.2 Å². The van der Waals surface area contributed by atoms with E-state index in [2.05, 4.69) is 21.3 Å². The molecule has 1 aliphatic rings. The number of nitrogens with one attached hydrogen (secondary N) is 1. The standard InChI is InChI=1S/C20H21N5O3/c1-23(2)15-11-10-13-7-3-4-8-14(13)17(15)22-19-18(25(27)28)20(26)24-12-6-5-9-16(24)21-19/h3-9,12,15,17,22H,10-11H2,1-2H3/t15-,17+/m0/s1. The Balaban J connectivity index is 1.87. The van der Waals surface area contributed by atoms with Crippen LogP contribution in [0.4, 0.5) is 11.5 Å². The van der Waals surface area contributed by atoms with Crippen molar-refractivity contribution >= 4 is 17.2 Å². The van der Waals surface area contributed by atoms with Gasteiger partial charge in [-0.25, -0.2) is 4.98 Å². The van der Waals surface area contributed by atoms with E-state index in [1.807, 2.05) is 32.3 Å². The fraction of sp³-hybridized carbons (Fsp3) is 0.300. The Hall–Kier alpha value is -3.26. The van der Waals surface area contributed by atoms with Gasteiger partial charge >= 0.3 is 11.2 Å². The Morgan fingerprint density at radius 1 is 1.21 bits per heavy atom. The number of rotatable bonds is 4. The molecule has 3 aromatic rings. The van der Waals surface area contributed by atoms with Gasteiger partial charge in [0, 0.05) is 12.2 Å². The summed E-state index contributed by atoms with van der Waals surface area (Å²) in [6.07, 6.45) is 3.33. The predicted molar refractivity (Wildman–Crippen MR) is 107 cm³/mol. The number of pyridine rings is 1. The van der Waals surface area contributed by atoms with Crippen molar-refractivity contribution in [2.45, 2.75) is 24.9 Å². The Morgan fingerprint density at radius 2 is 1.96 bits per heavy atom. The third-order valence-corrected chi connectivity index (χ3v) is 5.33. The Bertz CT molecular complexity index is 1110. The average molecular weight is 379 g/mol. The maximum atomic E-state index is 12.7. The molecule has 8 heteroatoms. The first-order valence-electron chi connectivity index (χ1n) is 9.14. The smallest absolute Gasteiger partial charge is 0.356 e. The summed E-state index contributed by atoms with van der Waals surface area (Å²) < 4.78 is 1.20. The first kappa shape index (κ1) is 18.1. The van der Waals surface area contributed by atoms with E-state index in [1.54, 1.807) is 18.2 Å². The van der Waals surface area contributed by atoms with Crippen LogP contribution in [-0.2, 0) is 6.42 Å². The summed E-state index contributed by atoms with van der Waals surface area (Å²) >= 11 is 0. The lowest BCUT2D eigenvalue weighted by atomic mass is 9.83. The van der Waals surface area contributed by atoms with Gasteiger partial charge in [-0.05, 0) is 50.2 Å². The van der Waals surface area contributed by atoms with Crippen molar-refractivity contribution in [2.24, 2.45) is 0 Å². The molecule has 0 radical (unpaired) electrons. The minimum Gasteiger partial charge on any atom is -0.356 e. The molecule has 4 rings (SSSR count). The monoisotopic (exact) mass is 379 g/mol. The van der Waals surface area contributed by atoms with Gasteiger partial charge in [-0.1, -0.05) is 30.3 Å². The molecule has 0 fully saturated rings. The van der Waals surface area contributed by atoms with Crippen LogP contribution in [0.15, 0.2) is 53.5 Å². The summed E-state index contributed by atoms with van der Waals surface area (Å²) in [6, 6.07) is 13.0. The van der Waals surface area contributed by atoms with E-state index in [4.69, 9.17) is 0 Å². The molecule has 2 aromatic heterocycles. The van der Waals surface area contributed by atoms with Gasteiger partial charge in [0.15, 0.2) is 0 Å². The summed E-state index contributed by atoms with van der Waals surface area (Å²) in [5.41, 5.74) is 1.43. The highest BCUT2D eigenvalue weighted by atomic mass is 16.6. The largest absolute Gasteiger partial charge is 0.376 e. The van der Waals surface area contributed by atoms with Gasteiger partial charge in [0.05, 0.1) is 11.0 Å². The number of aryl methyl sites for hydroxylation is 1. The number of likely N-dealkylation sites (N-methyl/N-ethyl adjacent to an activating group) is 1. The van der Waals surface area contributed by atoms with Crippen LogP contribution in [0.5, 0.6) is 0 Å². The van der Waals surface area contributed by atoms with Gasteiger partial charge in [0.2, 0.25) is 5.82 Å². The topological polar surface area (TPSA) is 92.8 Å². The number of anilines is 1. The van der Waals surface area contributed by atoms with Crippen LogP contribution in [0.2, 0.25) is 0 Å². The SMILES string of the molecule is CN(C)[C@H]1CCc2ccccc2[C@H]1Nc1nc2ccccn2c(=O)c1[N+](=O)[O-]. The van der Waals surface area contributed by atoms with Gasteiger partial charge in [-0.15, -0.1) is 0 Å². The molecule has 0 unspecified atom stereocenters. The van der Waals surface area contributed by atoms with Crippen LogP contribution in [0.1, 0.15) is 23.6 Å². The molecular formula is C20H21N5O3. The number of fused-ring (bicyclic) bond motifs is 2. The van der Waals surface area contributed by atoms with Crippen molar-refractivity contribution in [1.82, 2.24) is 14.3 Å². The molecule has 28 heavy (non-hydrogen) atoms. The molecule has 0 saturated heterocycles. The molecule has 8 nitrogen and oxygen atoms in total. The molecule has 1 N–H and O–H groups in total. The van der Waals surface area contributed by atoms with Gasteiger partial charge in [-0.2, -0.15) is 0 Å². The predicted octanol–water partition coefficient (Wildman–Crippen LogP) is 2.63. The van der Waals surface area contributed by atoms with Crippen LogP contribution in [0.25, 0.3) is 5.65 Å². The number of aromatic nitrogens is 2. The van der Waals surface area contributed by atoms with E-state index in [0.29, 0.717) is 5.65 Å². The third kappa shape index (κ3) is 3.01. The fourth-order valence-corrected chi connectivity index (χ4v) is 3.97. The molecule has 1 aromatic carbocycles. The second-order valence-corrected chi connectivity index (χ2v) is 7.19. The first-order valence-corrected chi connectivity index (χ1v) is 9.14. The quantitative estimate of drug-likeness (QED) is 0.553. The molecule has 0 amide bonds. The van der Waals surface area contributed by atoms with Gasteiger partial charge in [-0.3, -0.25) is 19.3 Å². The van der Waals surface area contributed by atoms with Crippen LogP contribution in [-0.4, -0.2) is 39.3 Å². The maximum Gasteiger partial charge on any atom is 0.376 e. The minimum absolute atomic E-state index is 0.00903. The maximum absolute atomic E-state index is 12.7. The highest BCUT2D eigenvalue weighted by molar-refractivity contribution is 5.61. The number of benzene rings is 1. The lowest BCUT2D eigenvalue weighted by molar-refractivity contribution is -0.385. The van der Waals surface area contributed by atoms with Crippen molar-refractivity contribution in [3.8, 4) is 0 Å². The Kier molecular flexibility index (Phi) is 4.56. The van der Waals surface area contributed by atoms with E-state index in [9.17, 15) is 14.9 Å². The summed E-state index contributed by atoms with van der Waals surface area (Å²) in [4.78, 5) is 30.3. The Morgan fingerprint density at radius 3 is 2.71 bits per heavy atom.